The van der Waals surface area contributed by atoms with Gasteiger partial charge in [-0.3, -0.25) is 4.79 Å². The number of rotatable bonds is 6. The zero-order valence-electron chi connectivity index (χ0n) is 10.4. The summed E-state index contributed by atoms with van der Waals surface area (Å²) in [6.07, 6.45) is 1.66. The Morgan fingerprint density at radius 1 is 1.61 bits per heavy atom. The number of halogens is 1. The van der Waals surface area contributed by atoms with Crippen LogP contribution in [-0.2, 0) is 11.3 Å². The monoisotopic (exact) mass is 268 g/mol. The summed E-state index contributed by atoms with van der Waals surface area (Å²) in [6.45, 7) is 4.43. The summed E-state index contributed by atoms with van der Waals surface area (Å²) in [5.41, 5.74) is 6.22. The van der Waals surface area contributed by atoms with Crippen molar-refractivity contribution in [1.29, 1.82) is 0 Å². The molecule has 0 unspecified atom stereocenters. The van der Waals surface area contributed by atoms with E-state index in [0.717, 1.165) is 5.56 Å². The standard InChI is InChI=1S/C13H17ClN2O2/c1-3-6-16(13(17)8-15)9-10-7-11(14)4-5-12(10)18-2/h3-5,7H,1,6,8-9,15H2,2H3. The van der Waals surface area contributed by atoms with Crippen molar-refractivity contribution in [2.45, 2.75) is 6.54 Å². The molecule has 0 heterocycles. The number of methoxy groups -OCH3 is 1. The second-order valence-corrected chi connectivity index (χ2v) is 4.16. The predicted molar refractivity (Wildman–Crippen MR) is 72.7 cm³/mol. The number of hydrogen-bond donors (Lipinski definition) is 1. The van der Waals surface area contributed by atoms with Crippen LogP contribution in [0.3, 0.4) is 0 Å². The zero-order valence-corrected chi connectivity index (χ0v) is 11.1. The highest BCUT2D eigenvalue weighted by molar-refractivity contribution is 6.30. The lowest BCUT2D eigenvalue weighted by molar-refractivity contribution is -0.129. The summed E-state index contributed by atoms with van der Waals surface area (Å²) >= 11 is 5.94. The smallest absolute Gasteiger partial charge is 0.236 e. The molecule has 4 nitrogen and oxygen atoms in total. The maximum Gasteiger partial charge on any atom is 0.236 e. The molecule has 0 saturated heterocycles. The van der Waals surface area contributed by atoms with Gasteiger partial charge in [0.1, 0.15) is 5.75 Å². The Kier molecular flexibility index (Phi) is 5.68. The van der Waals surface area contributed by atoms with Crippen molar-refractivity contribution in [2.75, 3.05) is 20.2 Å². The average Bonchev–Trinajstić information content (AvgIpc) is 2.37. The summed E-state index contributed by atoms with van der Waals surface area (Å²) in [5.74, 6) is 0.551. The average molecular weight is 269 g/mol. The van der Waals surface area contributed by atoms with Gasteiger partial charge in [-0.2, -0.15) is 0 Å². The van der Waals surface area contributed by atoms with Crippen LogP contribution in [-0.4, -0.2) is 31.0 Å². The molecular weight excluding hydrogens is 252 g/mol. The largest absolute Gasteiger partial charge is 0.496 e. The van der Waals surface area contributed by atoms with E-state index in [4.69, 9.17) is 22.1 Å². The van der Waals surface area contributed by atoms with E-state index >= 15 is 0 Å². The van der Waals surface area contributed by atoms with Crippen LogP contribution in [0.25, 0.3) is 0 Å². The Balaban J connectivity index is 2.95. The number of nitrogens with zero attached hydrogens (tertiary/aromatic N) is 1. The van der Waals surface area contributed by atoms with E-state index in [1.54, 1.807) is 36.3 Å². The van der Waals surface area contributed by atoms with Crippen LogP contribution < -0.4 is 10.5 Å². The molecule has 0 aliphatic heterocycles. The fraction of sp³-hybridized carbons (Fsp3) is 0.308. The van der Waals surface area contributed by atoms with Gasteiger partial charge >= 0.3 is 0 Å². The van der Waals surface area contributed by atoms with Crippen molar-refractivity contribution < 1.29 is 9.53 Å². The van der Waals surface area contributed by atoms with E-state index in [9.17, 15) is 4.79 Å². The van der Waals surface area contributed by atoms with Gasteiger partial charge in [0.25, 0.3) is 0 Å². The van der Waals surface area contributed by atoms with Gasteiger partial charge in [-0.05, 0) is 18.2 Å². The van der Waals surface area contributed by atoms with Crippen molar-refractivity contribution in [3.05, 3.63) is 41.4 Å². The molecule has 0 aromatic heterocycles. The number of nitrogens with two attached hydrogens (primary N) is 1. The highest BCUT2D eigenvalue weighted by atomic mass is 35.5. The molecule has 98 valence electrons. The number of carbonyl (C=O) groups excluding carboxylic acids is 1. The van der Waals surface area contributed by atoms with Gasteiger partial charge in [-0.1, -0.05) is 17.7 Å². The quantitative estimate of drug-likeness (QED) is 0.801. The van der Waals surface area contributed by atoms with Gasteiger partial charge in [0.15, 0.2) is 0 Å². The van der Waals surface area contributed by atoms with Gasteiger partial charge in [0, 0.05) is 23.7 Å². The topological polar surface area (TPSA) is 55.6 Å². The molecule has 0 spiro atoms. The normalized spacial score (nSPS) is 9.94. The van der Waals surface area contributed by atoms with Crippen LogP contribution in [0.5, 0.6) is 5.75 Å². The number of amides is 1. The lowest BCUT2D eigenvalue weighted by Gasteiger charge is -2.21. The maximum atomic E-state index is 11.7. The van der Waals surface area contributed by atoms with Crippen LogP contribution in [0.2, 0.25) is 5.02 Å². The van der Waals surface area contributed by atoms with E-state index in [0.29, 0.717) is 23.9 Å². The molecule has 1 aromatic rings. The van der Waals surface area contributed by atoms with Gasteiger partial charge in [0.05, 0.1) is 13.7 Å². The molecule has 0 saturated carbocycles. The Bertz CT molecular complexity index is 435. The predicted octanol–water partition coefficient (Wildman–Crippen LogP) is 1.82. The molecule has 2 N–H and O–H groups in total. The fourth-order valence-corrected chi connectivity index (χ4v) is 1.81. The van der Waals surface area contributed by atoms with Gasteiger partial charge in [-0.25, -0.2) is 0 Å². The molecule has 1 aromatic carbocycles. The second-order valence-electron chi connectivity index (χ2n) is 3.72. The summed E-state index contributed by atoms with van der Waals surface area (Å²) in [4.78, 5) is 13.3. The number of benzene rings is 1. The lowest BCUT2D eigenvalue weighted by Crippen LogP contribution is -2.35. The summed E-state index contributed by atoms with van der Waals surface area (Å²) in [7, 11) is 1.58. The minimum Gasteiger partial charge on any atom is -0.496 e. The molecule has 18 heavy (non-hydrogen) atoms. The van der Waals surface area contributed by atoms with E-state index in [-0.39, 0.29) is 12.5 Å². The minimum absolute atomic E-state index is 0.0310. The third kappa shape index (κ3) is 3.75. The lowest BCUT2D eigenvalue weighted by atomic mass is 10.2. The van der Waals surface area contributed by atoms with Crippen LogP contribution in [0.1, 0.15) is 5.56 Å². The molecule has 0 aliphatic carbocycles. The molecular formula is C13H17ClN2O2. The highest BCUT2D eigenvalue weighted by Gasteiger charge is 2.13. The summed E-state index contributed by atoms with van der Waals surface area (Å²) in [5, 5.41) is 0.601. The first-order valence-electron chi connectivity index (χ1n) is 5.53. The molecule has 0 radical (unpaired) electrons. The molecule has 5 heteroatoms. The Morgan fingerprint density at radius 3 is 2.89 bits per heavy atom. The van der Waals surface area contributed by atoms with Crippen molar-refractivity contribution in [3.8, 4) is 5.75 Å². The maximum absolute atomic E-state index is 11.7. The van der Waals surface area contributed by atoms with Crippen molar-refractivity contribution in [2.24, 2.45) is 5.73 Å². The number of carbonyl (C=O) groups is 1. The van der Waals surface area contributed by atoms with E-state index in [1.165, 1.54) is 0 Å². The first kappa shape index (κ1) is 14.5. The molecule has 0 bridgehead atoms. The zero-order chi connectivity index (χ0) is 13.5. The minimum atomic E-state index is -0.142. The van der Waals surface area contributed by atoms with E-state index in [2.05, 4.69) is 6.58 Å². The summed E-state index contributed by atoms with van der Waals surface area (Å²) < 4.78 is 5.24. The second kappa shape index (κ2) is 7.03. The first-order valence-corrected chi connectivity index (χ1v) is 5.91. The molecule has 0 fully saturated rings. The van der Waals surface area contributed by atoms with Crippen LogP contribution >= 0.6 is 11.6 Å². The van der Waals surface area contributed by atoms with E-state index in [1.807, 2.05) is 0 Å². The van der Waals surface area contributed by atoms with E-state index < -0.39 is 0 Å². The van der Waals surface area contributed by atoms with Crippen molar-refractivity contribution in [1.82, 2.24) is 4.90 Å². The first-order chi connectivity index (χ1) is 8.62. The molecule has 0 atom stereocenters. The third-order valence-corrected chi connectivity index (χ3v) is 2.72. The van der Waals surface area contributed by atoms with Crippen LogP contribution in [0, 0.1) is 0 Å². The molecule has 0 aliphatic rings. The van der Waals surface area contributed by atoms with Crippen LogP contribution in [0.4, 0.5) is 0 Å². The van der Waals surface area contributed by atoms with Crippen molar-refractivity contribution in [3.63, 3.8) is 0 Å². The number of ether oxygens (including phenoxy) is 1. The Hall–Kier alpha value is -1.52. The molecule has 1 amide bonds. The SMILES string of the molecule is C=CCN(Cc1cc(Cl)ccc1OC)C(=O)CN. The third-order valence-electron chi connectivity index (χ3n) is 2.48. The van der Waals surface area contributed by atoms with Crippen LogP contribution in [0.15, 0.2) is 30.9 Å². The number of hydrogen-bond acceptors (Lipinski definition) is 3. The fourth-order valence-electron chi connectivity index (χ4n) is 1.62. The van der Waals surface area contributed by atoms with Gasteiger partial charge in [-0.15, -0.1) is 6.58 Å². The highest BCUT2D eigenvalue weighted by Crippen LogP contribution is 2.24. The van der Waals surface area contributed by atoms with Crippen molar-refractivity contribution >= 4 is 17.5 Å². The van der Waals surface area contributed by atoms with Gasteiger partial charge in [0.2, 0.25) is 5.91 Å². The van der Waals surface area contributed by atoms with Gasteiger partial charge < -0.3 is 15.4 Å². The Labute approximate surface area is 112 Å². The summed E-state index contributed by atoms with van der Waals surface area (Å²) in [6, 6.07) is 5.30. The molecule has 1 rings (SSSR count). The Morgan fingerprint density at radius 2 is 2.33 bits per heavy atom.